The first-order valence-corrected chi connectivity index (χ1v) is 15.5. The molecule has 0 spiro atoms. The number of carboxylic acid groups (broad SMARTS) is 1. The van der Waals surface area contributed by atoms with Gasteiger partial charge in [-0.3, -0.25) is 33.9 Å². The molecule has 1 fully saturated rings. The van der Waals surface area contributed by atoms with Crippen molar-refractivity contribution in [3.8, 4) is 0 Å². The second-order valence-corrected chi connectivity index (χ2v) is 14.3. The highest BCUT2D eigenvalue weighted by Gasteiger charge is 2.25. The molecule has 0 atom stereocenters. The Labute approximate surface area is 259 Å². The zero-order valence-corrected chi connectivity index (χ0v) is 28.2. The molecule has 0 aromatic heterocycles. The molecule has 0 bridgehead atoms. The molecule has 0 aromatic carbocycles. The normalized spacial score (nSPS) is 17.9. The maximum atomic E-state index is 12.8. The molecule has 1 rings (SSSR count). The van der Waals surface area contributed by atoms with E-state index in [1.54, 1.807) is 0 Å². The molecular formula is C31H58N4O8. The molecule has 0 aliphatic carbocycles. The summed E-state index contributed by atoms with van der Waals surface area (Å²) in [7, 11) is 0. The van der Waals surface area contributed by atoms with E-state index in [2.05, 4.69) is 4.90 Å². The second kappa shape index (κ2) is 17.9. The summed E-state index contributed by atoms with van der Waals surface area (Å²) in [6.07, 6.45) is 1.43. The summed E-state index contributed by atoms with van der Waals surface area (Å²) in [5, 5.41) is 9.04. The van der Waals surface area contributed by atoms with Crippen LogP contribution in [0.2, 0.25) is 0 Å². The number of rotatable bonds is 11. The van der Waals surface area contributed by atoms with Crippen molar-refractivity contribution in [3.05, 3.63) is 0 Å². The lowest BCUT2D eigenvalue weighted by Gasteiger charge is -2.34. The molecular weight excluding hydrogens is 556 g/mol. The zero-order chi connectivity index (χ0) is 32.8. The van der Waals surface area contributed by atoms with Gasteiger partial charge in [0.05, 0.1) is 19.6 Å². The second-order valence-electron chi connectivity index (χ2n) is 14.3. The van der Waals surface area contributed by atoms with E-state index in [-0.39, 0.29) is 44.0 Å². The lowest BCUT2D eigenvalue weighted by molar-refractivity contribution is -0.158. The minimum absolute atomic E-state index is 0.0908. The van der Waals surface area contributed by atoms with Gasteiger partial charge in [0, 0.05) is 58.8 Å². The molecule has 12 heteroatoms. The Kier molecular flexibility index (Phi) is 16.1. The average molecular weight is 615 g/mol. The van der Waals surface area contributed by atoms with Crippen LogP contribution >= 0.6 is 0 Å². The van der Waals surface area contributed by atoms with E-state index < -0.39 is 22.8 Å². The minimum atomic E-state index is -0.809. The first kappa shape index (κ1) is 38.7. The lowest BCUT2D eigenvalue weighted by atomic mass is 10.2. The number of carbonyl (C=O) groups excluding carboxylic acids is 3. The van der Waals surface area contributed by atoms with Crippen LogP contribution in [-0.2, 0) is 33.4 Å². The molecule has 43 heavy (non-hydrogen) atoms. The van der Waals surface area contributed by atoms with E-state index in [9.17, 15) is 19.2 Å². The highest BCUT2D eigenvalue weighted by atomic mass is 16.6. The van der Waals surface area contributed by atoms with Gasteiger partial charge in [0.2, 0.25) is 0 Å². The molecule has 0 unspecified atom stereocenters. The number of carboxylic acids is 1. The molecule has 0 saturated carbocycles. The standard InChI is InChI=1S/C31H58N4O8/c1-29(2,3)41-26(38)22-33-16-14-32(13-11-10-12-25(36)37)15-17-34(23-27(39)42-30(4,5)6)19-21-35(20-18-33)24-28(40)43-31(7,8)9/h10-24H2,1-9H3,(H,36,37). The van der Waals surface area contributed by atoms with Crippen LogP contribution in [0.15, 0.2) is 0 Å². The van der Waals surface area contributed by atoms with E-state index >= 15 is 0 Å². The van der Waals surface area contributed by atoms with Gasteiger partial charge in [0.1, 0.15) is 16.8 Å². The fourth-order valence-corrected chi connectivity index (χ4v) is 4.56. The van der Waals surface area contributed by atoms with Gasteiger partial charge in [-0.15, -0.1) is 0 Å². The van der Waals surface area contributed by atoms with E-state index in [4.69, 9.17) is 19.3 Å². The molecule has 0 radical (unpaired) electrons. The smallest absolute Gasteiger partial charge is 0.320 e. The zero-order valence-electron chi connectivity index (χ0n) is 28.2. The fraction of sp³-hybridized carbons (Fsp3) is 0.871. The van der Waals surface area contributed by atoms with Crippen molar-refractivity contribution in [2.75, 3.05) is 78.5 Å². The number of unbranched alkanes of at least 4 members (excludes halogenated alkanes) is 1. The van der Waals surface area contributed by atoms with Crippen molar-refractivity contribution < 1.29 is 38.5 Å². The first-order chi connectivity index (χ1) is 19.7. The van der Waals surface area contributed by atoms with Crippen molar-refractivity contribution in [2.24, 2.45) is 0 Å². The summed E-state index contributed by atoms with van der Waals surface area (Å²) >= 11 is 0. The van der Waals surface area contributed by atoms with Crippen LogP contribution in [0.1, 0.15) is 81.6 Å². The van der Waals surface area contributed by atoms with Gasteiger partial charge >= 0.3 is 23.9 Å². The summed E-state index contributed by atoms with van der Waals surface area (Å²) < 4.78 is 16.8. The summed E-state index contributed by atoms with van der Waals surface area (Å²) in [4.78, 5) is 57.6. The van der Waals surface area contributed by atoms with Gasteiger partial charge in [-0.2, -0.15) is 0 Å². The molecule has 0 aromatic rings. The van der Waals surface area contributed by atoms with E-state index in [1.165, 1.54) is 0 Å². The van der Waals surface area contributed by atoms with Crippen molar-refractivity contribution in [3.63, 3.8) is 0 Å². The highest BCUT2D eigenvalue weighted by molar-refractivity contribution is 5.73. The number of hydrogen-bond donors (Lipinski definition) is 1. The van der Waals surface area contributed by atoms with E-state index in [0.717, 1.165) is 6.42 Å². The number of nitrogens with zero attached hydrogens (tertiary/aromatic N) is 4. The monoisotopic (exact) mass is 614 g/mol. The molecule has 1 heterocycles. The molecule has 1 aliphatic rings. The SMILES string of the molecule is CC(C)(C)OC(=O)CN1CCN(CCCCC(=O)O)CCN(CC(=O)OC(C)(C)C)CCN(CC(=O)OC(C)(C)C)CC1. The van der Waals surface area contributed by atoms with Gasteiger partial charge in [-0.25, -0.2) is 0 Å². The lowest BCUT2D eigenvalue weighted by Crippen LogP contribution is -2.49. The maximum absolute atomic E-state index is 12.8. The van der Waals surface area contributed by atoms with E-state index in [0.29, 0.717) is 65.3 Å². The van der Waals surface area contributed by atoms with Crippen LogP contribution in [0, 0.1) is 0 Å². The Morgan fingerprint density at radius 2 is 0.791 bits per heavy atom. The van der Waals surface area contributed by atoms with Crippen LogP contribution < -0.4 is 0 Å². The Hall–Kier alpha value is -2.28. The van der Waals surface area contributed by atoms with Crippen LogP contribution in [0.3, 0.4) is 0 Å². The number of aliphatic carboxylic acids is 1. The number of hydrogen-bond acceptors (Lipinski definition) is 11. The number of esters is 3. The molecule has 12 nitrogen and oxygen atoms in total. The molecule has 0 amide bonds. The van der Waals surface area contributed by atoms with Gasteiger partial charge in [-0.05, 0) is 81.7 Å². The molecule has 1 saturated heterocycles. The van der Waals surface area contributed by atoms with Gasteiger partial charge in [0.15, 0.2) is 0 Å². The van der Waals surface area contributed by atoms with Gasteiger partial charge in [0.25, 0.3) is 0 Å². The molecule has 1 aliphatic heterocycles. The summed E-state index contributed by atoms with van der Waals surface area (Å²) in [5.74, 6) is -1.76. The highest BCUT2D eigenvalue weighted by Crippen LogP contribution is 2.11. The van der Waals surface area contributed by atoms with E-state index in [1.807, 2.05) is 77.0 Å². The Morgan fingerprint density at radius 1 is 0.512 bits per heavy atom. The quantitative estimate of drug-likeness (QED) is 0.209. The third-order valence-electron chi connectivity index (χ3n) is 6.36. The van der Waals surface area contributed by atoms with Crippen molar-refractivity contribution >= 4 is 23.9 Å². The third-order valence-corrected chi connectivity index (χ3v) is 6.36. The Balaban J connectivity index is 3.14. The average Bonchev–Trinajstić information content (AvgIpc) is 2.79. The van der Waals surface area contributed by atoms with Crippen LogP contribution in [0.5, 0.6) is 0 Å². The topological polar surface area (TPSA) is 129 Å². The van der Waals surface area contributed by atoms with Crippen LogP contribution in [0.4, 0.5) is 0 Å². The molecule has 1 N–H and O–H groups in total. The Morgan fingerprint density at radius 3 is 1.05 bits per heavy atom. The maximum Gasteiger partial charge on any atom is 0.320 e. The first-order valence-electron chi connectivity index (χ1n) is 15.5. The predicted octanol–water partition coefficient (Wildman–Crippen LogP) is 2.49. The van der Waals surface area contributed by atoms with Crippen LogP contribution in [0.25, 0.3) is 0 Å². The van der Waals surface area contributed by atoms with Gasteiger partial charge < -0.3 is 24.2 Å². The number of carbonyl (C=O) groups is 4. The molecule has 250 valence electrons. The van der Waals surface area contributed by atoms with Crippen molar-refractivity contribution in [2.45, 2.75) is 98.4 Å². The Bertz CT molecular complexity index is 846. The van der Waals surface area contributed by atoms with Crippen LogP contribution in [-0.4, -0.2) is 144 Å². The fourth-order valence-electron chi connectivity index (χ4n) is 4.56. The third kappa shape index (κ3) is 21.1. The predicted molar refractivity (Wildman–Crippen MR) is 165 cm³/mol. The summed E-state index contributed by atoms with van der Waals surface area (Å²) in [6, 6.07) is 0. The van der Waals surface area contributed by atoms with Crippen molar-refractivity contribution in [1.29, 1.82) is 0 Å². The van der Waals surface area contributed by atoms with Gasteiger partial charge in [-0.1, -0.05) is 0 Å². The van der Waals surface area contributed by atoms with Crippen molar-refractivity contribution in [1.82, 2.24) is 19.6 Å². The minimum Gasteiger partial charge on any atom is -0.481 e. The summed E-state index contributed by atoms with van der Waals surface area (Å²) in [5.41, 5.74) is -1.80. The number of ether oxygens (including phenoxy) is 3. The summed E-state index contributed by atoms with van der Waals surface area (Å²) in [6.45, 7) is 22.1. The largest absolute Gasteiger partial charge is 0.481 e.